The first-order valence-electron chi connectivity index (χ1n) is 5.97. The number of carbonyl (C=O) groups excluding carboxylic acids is 2. The largest absolute Gasteiger partial charge is 0.480 e. The van der Waals surface area contributed by atoms with Gasteiger partial charge < -0.3 is 19.5 Å². The van der Waals surface area contributed by atoms with E-state index in [4.69, 9.17) is 9.47 Å². The second kappa shape index (κ2) is 4.38. The third-order valence-corrected chi connectivity index (χ3v) is 3.14. The van der Waals surface area contributed by atoms with Crippen LogP contribution in [-0.2, 0) is 19.1 Å². The Bertz CT molecular complexity index is 489. The number of nitrogens with zero attached hydrogens (tertiary/aromatic N) is 1. The normalized spacial score (nSPS) is 29.7. The highest BCUT2D eigenvalue weighted by Crippen LogP contribution is 2.34. The molecule has 2 unspecified atom stereocenters. The molecule has 19 heavy (non-hydrogen) atoms. The van der Waals surface area contributed by atoms with Crippen molar-refractivity contribution < 1.29 is 24.2 Å². The molecule has 1 heterocycles. The van der Waals surface area contributed by atoms with Crippen LogP contribution in [0.25, 0.3) is 0 Å². The highest BCUT2D eigenvalue weighted by atomic mass is 16.8. The summed E-state index contributed by atoms with van der Waals surface area (Å²) >= 11 is 0. The maximum absolute atomic E-state index is 12.0. The molecule has 0 aromatic carbocycles. The average molecular weight is 267 g/mol. The summed E-state index contributed by atoms with van der Waals surface area (Å²) in [4.78, 5) is 25.7. The van der Waals surface area contributed by atoms with E-state index >= 15 is 0 Å². The number of aliphatic hydroxyl groups excluding tert-OH is 1. The molecule has 2 atom stereocenters. The number of hydrogen-bond acceptors (Lipinski definition) is 6. The van der Waals surface area contributed by atoms with Gasteiger partial charge >= 0.3 is 5.97 Å². The van der Waals surface area contributed by atoms with Gasteiger partial charge in [-0.3, -0.25) is 4.79 Å². The van der Waals surface area contributed by atoms with Crippen LogP contribution in [0.4, 0.5) is 0 Å². The van der Waals surface area contributed by atoms with E-state index in [1.807, 2.05) is 0 Å². The van der Waals surface area contributed by atoms with Crippen molar-refractivity contribution in [1.29, 1.82) is 0 Å². The molecule has 0 spiro atoms. The van der Waals surface area contributed by atoms with Crippen molar-refractivity contribution in [3.05, 3.63) is 23.7 Å². The van der Waals surface area contributed by atoms with Gasteiger partial charge in [0.2, 0.25) is 0 Å². The summed E-state index contributed by atoms with van der Waals surface area (Å²) < 4.78 is 10.2. The van der Waals surface area contributed by atoms with Gasteiger partial charge in [0.05, 0.1) is 5.92 Å². The molecule has 0 radical (unpaired) electrons. The molecule has 104 valence electrons. The van der Waals surface area contributed by atoms with E-state index in [0.717, 1.165) is 0 Å². The molecule has 2 aliphatic rings. The van der Waals surface area contributed by atoms with Crippen molar-refractivity contribution in [1.82, 2.24) is 4.90 Å². The molecule has 0 amide bonds. The van der Waals surface area contributed by atoms with E-state index in [1.165, 1.54) is 19.9 Å². The predicted molar refractivity (Wildman–Crippen MR) is 66.0 cm³/mol. The second-order valence-electron chi connectivity index (χ2n) is 5.30. The fourth-order valence-electron chi connectivity index (χ4n) is 2.29. The molecular formula is C13H17NO5. The molecule has 0 saturated heterocycles. The van der Waals surface area contributed by atoms with Crippen LogP contribution in [-0.4, -0.2) is 47.7 Å². The zero-order valence-electron chi connectivity index (χ0n) is 11.3. The van der Waals surface area contributed by atoms with E-state index in [-0.39, 0.29) is 17.4 Å². The highest BCUT2D eigenvalue weighted by molar-refractivity contribution is 6.05. The first kappa shape index (κ1) is 13.6. The van der Waals surface area contributed by atoms with Gasteiger partial charge in [-0.05, 0) is 20.2 Å². The summed E-state index contributed by atoms with van der Waals surface area (Å²) in [5, 5.41) is 9.91. The van der Waals surface area contributed by atoms with Gasteiger partial charge in [0.25, 0.3) is 11.7 Å². The van der Waals surface area contributed by atoms with Crippen molar-refractivity contribution in [2.75, 3.05) is 14.1 Å². The number of aliphatic hydroxyl groups is 1. The van der Waals surface area contributed by atoms with Crippen molar-refractivity contribution in [3.8, 4) is 0 Å². The lowest BCUT2D eigenvalue weighted by Crippen LogP contribution is -2.43. The van der Waals surface area contributed by atoms with Crippen molar-refractivity contribution in [2.45, 2.75) is 25.7 Å². The summed E-state index contributed by atoms with van der Waals surface area (Å²) in [7, 11) is 3.58. The van der Waals surface area contributed by atoms with Gasteiger partial charge in [-0.25, -0.2) is 4.79 Å². The standard InChI is InChI=1S/C13H17NO5/c1-13(2)18-11(16)10(12(17)19-13)9-7(14(3)4)5-6-8(9)15/h5-7,9,16H,1-4H3. The number of cyclic esters (lactones) is 1. The third-order valence-electron chi connectivity index (χ3n) is 3.14. The van der Waals surface area contributed by atoms with E-state index < -0.39 is 23.6 Å². The maximum atomic E-state index is 12.0. The lowest BCUT2D eigenvalue weighted by Gasteiger charge is -2.34. The van der Waals surface area contributed by atoms with Crippen molar-refractivity contribution in [3.63, 3.8) is 0 Å². The zero-order chi connectivity index (χ0) is 14.4. The number of rotatable bonds is 2. The monoisotopic (exact) mass is 267 g/mol. The number of likely N-dealkylation sites (N-methyl/N-ethyl adjacent to an activating group) is 1. The van der Waals surface area contributed by atoms with Crippen molar-refractivity contribution >= 4 is 11.8 Å². The van der Waals surface area contributed by atoms with Crippen LogP contribution >= 0.6 is 0 Å². The van der Waals surface area contributed by atoms with Gasteiger partial charge in [0, 0.05) is 19.9 Å². The molecule has 0 aromatic heterocycles. The fourth-order valence-corrected chi connectivity index (χ4v) is 2.29. The summed E-state index contributed by atoms with van der Waals surface area (Å²) in [5.41, 5.74) is -0.118. The third kappa shape index (κ3) is 2.35. The molecule has 1 N–H and O–H groups in total. The van der Waals surface area contributed by atoms with Gasteiger partial charge in [0.1, 0.15) is 5.57 Å². The first-order chi connectivity index (χ1) is 8.73. The number of ether oxygens (including phenoxy) is 2. The average Bonchev–Trinajstić information content (AvgIpc) is 2.58. The number of hydrogen-bond donors (Lipinski definition) is 1. The molecular weight excluding hydrogens is 250 g/mol. The van der Waals surface area contributed by atoms with Crippen LogP contribution in [0.5, 0.6) is 0 Å². The minimum atomic E-state index is -1.23. The van der Waals surface area contributed by atoms with Gasteiger partial charge in [-0.1, -0.05) is 6.08 Å². The summed E-state index contributed by atoms with van der Waals surface area (Å²) in [6, 6.07) is -0.304. The second-order valence-corrected chi connectivity index (χ2v) is 5.30. The highest BCUT2D eigenvalue weighted by Gasteiger charge is 2.46. The first-order valence-corrected chi connectivity index (χ1v) is 5.97. The lowest BCUT2D eigenvalue weighted by atomic mass is 9.91. The predicted octanol–water partition coefficient (Wildman–Crippen LogP) is 0.751. The minimum Gasteiger partial charge on any atom is -0.480 e. The number of allylic oxidation sites excluding steroid dienone is 1. The fraction of sp³-hybridized carbons (Fsp3) is 0.538. The van der Waals surface area contributed by atoms with Crippen LogP contribution in [0.15, 0.2) is 23.7 Å². The Hall–Kier alpha value is -1.82. The van der Waals surface area contributed by atoms with E-state index in [2.05, 4.69) is 0 Å². The maximum Gasteiger partial charge on any atom is 0.345 e. The number of esters is 1. The molecule has 2 rings (SSSR count). The Morgan fingerprint density at radius 3 is 2.42 bits per heavy atom. The van der Waals surface area contributed by atoms with E-state index in [1.54, 1.807) is 25.1 Å². The number of carbonyl (C=O) groups is 2. The molecule has 0 aromatic rings. The van der Waals surface area contributed by atoms with Crippen LogP contribution in [0.3, 0.4) is 0 Å². The van der Waals surface area contributed by atoms with Crippen LogP contribution < -0.4 is 0 Å². The molecule has 1 aliphatic heterocycles. The van der Waals surface area contributed by atoms with Gasteiger partial charge in [0.15, 0.2) is 5.78 Å². The molecule has 6 nitrogen and oxygen atoms in total. The molecule has 0 fully saturated rings. The summed E-state index contributed by atoms with van der Waals surface area (Å²) in [6.45, 7) is 3.02. The topological polar surface area (TPSA) is 76.1 Å². The smallest absolute Gasteiger partial charge is 0.345 e. The molecule has 6 heteroatoms. The van der Waals surface area contributed by atoms with Crippen LogP contribution in [0.2, 0.25) is 0 Å². The van der Waals surface area contributed by atoms with Gasteiger partial charge in [-0.15, -0.1) is 0 Å². The Morgan fingerprint density at radius 1 is 1.26 bits per heavy atom. The number of ketones is 1. The molecule has 0 bridgehead atoms. The van der Waals surface area contributed by atoms with Crippen LogP contribution in [0, 0.1) is 5.92 Å². The van der Waals surface area contributed by atoms with Gasteiger partial charge in [-0.2, -0.15) is 0 Å². The Labute approximate surface area is 111 Å². The van der Waals surface area contributed by atoms with E-state index in [0.29, 0.717) is 0 Å². The SMILES string of the molecule is CN(C)C1C=CC(=O)C1C1=C(O)OC(C)(C)OC1=O. The Kier molecular flexibility index (Phi) is 3.14. The summed E-state index contributed by atoms with van der Waals surface area (Å²) in [5.74, 6) is -3.52. The molecule has 1 aliphatic carbocycles. The Balaban J connectivity index is 2.40. The zero-order valence-corrected chi connectivity index (χ0v) is 11.3. The quantitative estimate of drug-likeness (QED) is 0.744. The van der Waals surface area contributed by atoms with E-state index in [9.17, 15) is 14.7 Å². The molecule has 0 saturated carbocycles. The Morgan fingerprint density at radius 2 is 1.89 bits per heavy atom. The minimum absolute atomic E-state index is 0.118. The van der Waals surface area contributed by atoms with Crippen LogP contribution in [0.1, 0.15) is 13.8 Å². The summed E-state index contributed by atoms with van der Waals surface area (Å²) in [6.07, 6.45) is 3.10. The van der Waals surface area contributed by atoms with Crippen molar-refractivity contribution in [2.24, 2.45) is 5.92 Å². The lowest BCUT2D eigenvalue weighted by molar-refractivity contribution is -0.223.